The van der Waals surface area contributed by atoms with Crippen LogP contribution >= 0.6 is 12.6 Å². The van der Waals surface area contributed by atoms with Gasteiger partial charge >= 0.3 is 0 Å². The lowest BCUT2D eigenvalue weighted by Crippen LogP contribution is -2.38. The van der Waals surface area contributed by atoms with E-state index in [1.54, 1.807) is 0 Å². The Morgan fingerprint density at radius 2 is 2.11 bits per heavy atom. The second kappa shape index (κ2) is 6.11. The van der Waals surface area contributed by atoms with Crippen LogP contribution in [0.5, 0.6) is 0 Å². The molecule has 0 unspecified atom stereocenters. The number of hydrogen-bond acceptors (Lipinski definition) is 3. The summed E-state index contributed by atoms with van der Waals surface area (Å²) in [5.41, 5.74) is 0.432. The van der Waals surface area contributed by atoms with Crippen LogP contribution in [0.1, 0.15) is 37.9 Å². The summed E-state index contributed by atoms with van der Waals surface area (Å²) in [4.78, 5) is 6.81. The molecule has 1 fully saturated rings. The van der Waals surface area contributed by atoms with Crippen molar-refractivity contribution in [2.45, 2.75) is 38.6 Å². The van der Waals surface area contributed by atoms with Gasteiger partial charge < -0.3 is 4.57 Å². The van der Waals surface area contributed by atoms with Gasteiger partial charge in [0.25, 0.3) is 0 Å². The molecule has 1 aromatic heterocycles. The Balaban J connectivity index is 1.93. The van der Waals surface area contributed by atoms with Gasteiger partial charge in [-0.3, -0.25) is 4.90 Å². The molecule has 3 nitrogen and oxygen atoms in total. The first kappa shape index (κ1) is 13.9. The molecule has 1 aliphatic carbocycles. The zero-order valence-corrected chi connectivity index (χ0v) is 12.5. The van der Waals surface area contributed by atoms with E-state index >= 15 is 0 Å². The van der Waals surface area contributed by atoms with Gasteiger partial charge in [0.15, 0.2) is 0 Å². The summed E-state index contributed by atoms with van der Waals surface area (Å²) < 4.78 is 2.10. The van der Waals surface area contributed by atoms with E-state index in [9.17, 15) is 0 Å². The Kier molecular flexibility index (Phi) is 4.73. The van der Waals surface area contributed by atoms with Crippen molar-refractivity contribution < 1.29 is 0 Å². The molecule has 1 heterocycles. The molecule has 0 aliphatic heterocycles. The van der Waals surface area contributed by atoms with E-state index in [-0.39, 0.29) is 0 Å². The molecule has 0 aromatic carbocycles. The Labute approximate surface area is 116 Å². The highest BCUT2D eigenvalue weighted by Crippen LogP contribution is 2.37. The van der Waals surface area contributed by atoms with Gasteiger partial charge in [0, 0.05) is 26.0 Å². The third-order valence-corrected chi connectivity index (χ3v) is 4.86. The minimum atomic E-state index is 0.432. The van der Waals surface area contributed by atoms with Crippen LogP contribution < -0.4 is 0 Å². The van der Waals surface area contributed by atoms with Gasteiger partial charge in [-0.1, -0.05) is 19.3 Å². The van der Waals surface area contributed by atoms with Crippen molar-refractivity contribution in [1.82, 2.24) is 14.5 Å². The first-order valence-electron chi connectivity index (χ1n) is 6.91. The summed E-state index contributed by atoms with van der Waals surface area (Å²) in [5.74, 6) is 2.15. The molecule has 18 heavy (non-hydrogen) atoms. The maximum atomic E-state index is 4.61. The number of thiol groups is 1. The lowest BCUT2D eigenvalue weighted by molar-refractivity contribution is 0.138. The van der Waals surface area contributed by atoms with E-state index in [4.69, 9.17) is 0 Å². The second-order valence-corrected chi connectivity index (χ2v) is 6.16. The first-order valence-corrected chi connectivity index (χ1v) is 7.54. The fourth-order valence-corrected chi connectivity index (χ4v) is 3.50. The lowest BCUT2D eigenvalue weighted by atomic mass is 9.75. The van der Waals surface area contributed by atoms with E-state index in [0.29, 0.717) is 5.41 Å². The fourth-order valence-electron chi connectivity index (χ4n) is 3.09. The van der Waals surface area contributed by atoms with Crippen molar-refractivity contribution in [1.29, 1.82) is 0 Å². The highest BCUT2D eigenvalue weighted by Gasteiger charge is 2.31. The normalized spacial score (nSPS) is 19.3. The number of nitrogens with zero attached hydrogens (tertiary/aromatic N) is 3. The number of rotatable bonds is 5. The van der Waals surface area contributed by atoms with Gasteiger partial charge in [-0.25, -0.2) is 4.98 Å². The molecule has 0 atom stereocenters. The molecule has 1 aliphatic rings. The van der Waals surface area contributed by atoms with Gasteiger partial charge in [0.2, 0.25) is 0 Å². The van der Waals surface area contributed by atoms with Crippen molar-refractivity contribution >= 4 is 12.6 Å². The smallest absolute Gasteiger partial charge is 0.122 e. The van der Waals surface area contributed by atoms with Crippen LogP contribution in [-0.2, 0) is 13.6 Å². The topological polar surface area (TPSA) is 21.1 Å². The standard InChI is InChI=1S/C14H25N3S/c1-16(10-13-15-8-9-17(13)2)11-14(12-18)6-4-3-5-7-14/h8-9,18H,3-7,10-12H2,1-2H3. The number of hydrogen-bond donors (Lipinski definition) is 1. The Hall–Kier alpha value is -0.480. The average molecular weight is 267 g/mol. The van der Waals surface area contributed by atoms with Crippen molar-refractivity contribution in [3.05, 3.63) is 18.2 Å². The minimum absolute atomic E-state index is 0.432. The molecule has 1 aromatic rings. The zero-order valence-electron chi connectivity index (χ0n) is 11.6. The Bertz CT molecular complexity index is 369. The molecular formula is C14H25N3S. The van der Waals surface area contributed by atoms with Crippen LogP contribution in [0.15, 0.2) is 12.4 Å². The molecular weight excluding hydrogens is 242 g/mol. The summed E-state index contributed by atoms with van der Waals surface area (Å²) in [6.07, 6.45) is 10.7. The summed E-state index contributed by atoms with van der Waals surface area (Å²) in [6, 6.07) is 0. The van der Waals surface area contributed by atoms with E-state index in [1.807, 2.05) is 12.4 Å². The molecule has 2 rings (SSSR count). The molecule has 4 heteroatoms. The lowest BCUT2D eigenvalue weighted by Gasteiger charge is -2.39. The van der Waals surface area contributed by atoms with Crippen LogP contribution in [0, 0.1) is 5.41 Å². The van der Waals surface area contributed by atoms with Crippen LogP contribution in [-0.4, -0.2) is 33.8 Å². The van der Waals surface area contributed by atoms with Crippen LogP contribution in [0.3, 0.4) is 0 Å². The second-order valence-electron chi connectivity index (χ2n) is 5.85. The Morgan fingerprint density at radius 3 is 2.67 bits per heavy atom. The molecule has 1 saturated carbocycles. The van der Waals surface area contributed by atoms with Gasteiger partial charge in [-0.15, -0.1) is 0 Å². The fraction of sp³-hybridized carbons (Fsp3) is 0.786. The Morgan fingerprint density at radius 1 is 1.39 bits per heavy atom. The summed E-state index contributed by atoms with van der Waals surface area (Å²) in [6.45, 7) is 2.07. The van der Waals surface area contributed by atoms with E-state index in [2.05, 4.69) is 41.2 Å². The van der Waals surface area contributed by atoms with Crippen molar-refractivity contribution in [3.8, 4) is 0 Å². The third kappa shape index (κ3) is 3.29. The average Bonchev–Trinajstić information content (AvgIpc) is 2.76. The SMILES string of the molecule is CN(Cc1nccn1C)CC1(CS)CCCCC1. The van der Waals surface area contributed by atoms with Crippen LogP contribution in [0.4, 0.5) is 0 Å². The van der Waals surface area contributed by atoms with E-state index < -0.39 is 0 Å². The molecule has 0 amide bonds. The van der Waals surface area contributed by atoms with Gasteiger partial charge in [-0.2, -0.15) is 12.6 Å². The van der Waals surface area contributed by atoms with Crippen molar-refractivity contribution in [2.75, 3.05) is 19.3 Å². The number of aromatic nitrogens is 2. The van der Waals surface area contributed by atoms with Crippen LogP contribution in [0.2, 0.25) is 0 Å². The van der Waals surface area contributed by atoms with Crippen molar-refractivity contribution in [2.24, 2.45) is 12.5 Å². The maximum Gasteiger partial charge on any atom is 0.122 e. The van der Waals surface area contributed by atoms with E-state index in [0.717, 1.165) is 24.7 Å². The summed E-state index contributed by atoms with van der Waals surface area (Å²) in [7, 11) is 4.26. The summed E-state index contributed by atoms with van der Waals surface area (Å²) >= 11 is 4.61. The zero-order chi connectivity index (χ0) is 13.0. The molecule has 0 spiro atoms. The third-order valence-electron chi connectivity index (χ3n) is 4.19. The largest absolute Gasteiger partial charge is 0.337 e. The highest BCUT2D eigenvalue weighted by molar-refractivity contribution is 7.80. The quantitative estimate of drug-likeness (QED) is 0.828. The molecule has 0 saturated heterocycles. The van der Waals surface area contributed by atoms with Crippen molar-refractivity contribution in [3.63, 3.8) is 0 Å². The number of imidazole rings is 1. The maximum absolute atomic E-state index is 4.61. The predicted octanol–water partition coefficient (Wildman–Crippen LogP) is 2.73. The number of aryl methyl sites for hydroxylation is 1. The highest BCUT2D eigenvalue weighted by atomic mass is 32.1. The minimum Gasteiger partial charge on any atom is -0.337 e. The molecule has 0 bridgehead atoms. The summed E-state index contributed by atoms with van der Waals surface area (Å²) in [5, 5.41) is 0. The van der Waals surface area contributed by atoms with Gasteiger partial charge in [0.1, 0.15) is 5.82 Å². The van der Waals surface area contributed by atoms with E-state index in [1.165, 1.54) is 32.1 Å². The predicted molar refractivity (Wildman–Crippen MR) is 78.9 cm³/mol. The first-order chi connectivity index (χ1) is 8.65. The molecule has 0 N–H and O–H groups in total. The van der Waals surface area contributed by atoms with Gasteiger partial charge in [0.05, 0.1) is 6.54 Å². The monoisotopic (exact) mass is 267 g/mol. The van der Waals surface area contributed by atoms with Gasteiger partial charge in [-0.05, 0) is 31.1 Å². The molecule has 102 valence electrons. The van der Waals surface area contributed by atoms with Crippen LogP contribution in [0.25, 0.3) is 0 Å². The molecule has 0 radical (unpaired) electrons.